The smallest absolute Gasteiger partial charge is 0.305 e. The minimum atomic E-state index is -0.179. The quantitative estimate of drug-likeness (QED) is 0.150. The highest BCUT2D eigenvalue weighted by molar-refractivity contribution is 5.72. The number of carbonyl (C=O) groups excluding carboxylic acids is 1. The third kappa shape index (κ3) is 7.78. The van der Waals surface area contributed by atoms with Crippen molar-refractivity contribution in [2.75, 3.05) is 13.2 Å². The number of carbonyl (C=O) groups is 1. The van der Waals surface area contributed by atoms with Gasteiger partial charge in [-0.05, 0) is 63.3 Å². The molecule has 7 heteroatoms. The topological polar surface area (TPSA) is 94.4 Å². The molecule has 0 aliphatic heterocycles. The summed E-state index contributed by atoms with van der Waals surface area (Å²) in [5.74, 6) is 2.39. The first-order valence-electron chi connectivity index (χ1n) is 15.3. The van der Waals surface area contributed by atoms with Gasteiger partial charge in [-0.3, -0.25) is 4.79 Å². The SMILES string of the molecule is Cc1ccc(-c2nc(-c3ccc(C)cc3C)nc(-c3ccc(OCCOC(=O)CCC4CCCCC4)cc3O)n2)c(C)c1. The molecule has 1 fully saturated rings. The summed E-state index contributed by atoms with van der Waals surface area (Å²) in [6.45, 7) is 8.56. The lowest BCUT2D eigenvalue weighted by atomic mass is 9.86. The van der Waals surface area contributed by atoms with Crippen molar-refractivity contribution in [3.05, 3.63) is 76.9 Å². The van der Waals surface area contributed by atoms with Gasteiger partial charge in [-0.2, -0.15) is 0 Å². The predicted molar refractivity (Wildman–Crippen MR) is 169 cm³/mol. The number of esters is 1. The van der Waals surface area contributed by atoms with Gasteiger partial charge in [-0.1, -0.05) is 79.6 Å². The highest BCUT2D eigenvalue weighted by Crippen LogP contribution is 2.34. The molecule has 1 aromatic heterocycles. The first-order chi connectivity index (χ1) is 20.8. The van der Waals surface area contributed by atoms with Crippen molar-refractivity contribution in [3.63, 3.8) is 0 Å². The summed E-state index contributed by atoms with van der Waals surface area (Å²) in [7, 11) is 0. The van der Waals surface area contributed by atoms with Gasteiger partial charge in [0.25, 0.3) is 0 Å². The van der Waals surface area contributed by atoms with Gasteiger partial charge < -0.3 is 14.6 Å². The van der Waals surface area contributed by atoms with Crippen LogP contribution in [-0.4, -0.2) is 39.2 Å². The summed E-state index contributed by atoms with van der Waals surface area (Å²) in [6.07, 6.45) is 7.66. The van der Waals surface area contributed by atoms with Gasteiger partial charge in [-0.25, -0.2) is 15.0 Å². The van der Waals surface area contributed by atoms with E-state index in [9.17, 15) is 9.90 Å². The second kappa shape index (κ2) is 13.8. The van der Waals surface area contributed by atoms with E-state index in [0.717, 1.165) is 39.8 Å². The highest BCUT2D eigenvalue weighted by atomic mass is 16.6. The Morgan fingerprint density at radius 2 is 1.30 bits per heavy atom. The molecule has 0 bridgehead atoms. The summed E-state index contributed by atoms with van der Waals surface area (Å²) in [5, 5.41) is 11.0. The molecule has 4 aromatic rings. The molecular weight excluding hydrogens is 538 g/mol. The van der Waals surface area contributed by atoms with Crippen molar-refractivity contribution in [1.82, 2.24) is 15.0 Å². The minimum Gasteiger partial charge on any atom is -0.507 e. The van der Waals surface area contributed by atoms with Crippen LogP contribution in [0.4, 0.5) is 0 Å². The zero-order chi connectivity index (χ0) is 30.3. The monoisotopic (exact) mass is 579 g/mol. The molecule has 1 aliphatic carbocycles. The van der Waals surface area contributed by atoms with Crippen molar-refractivity contribution in [2.24, 2.45) is 5.92 Å². The van der Waals surface area contributed by atoms with Crippen LogP contribution >= 0.6 is 0 Å². The average Bonchev–Trinajstić information content (AvgIpc) is 2.98. The fourth-order valence-corrected chi connectivity index (χ4v) is 5.84. The first kappa shape index (κ1) is 30.2. The van der Waals surface area contributed by atoms with E-state index in [-0.39, 0.29) is 24.9 Å². The second-order valence-corrected chi connectivity index (χ2v) is 11.7. The summed E-state index contributed by atoms with van der Waals surface area (Å²) >= 11 is 0. The summed E-state index contributed by atoms with van der Waals surface area (Å²) in [5.41, 5.74) is 6.74. The number of benzene rings is 3. The Kier molecular flexibility index (Phi) is 9.70. The van der Waals surface area contributed by atoms with E-state index < -0.39 is 0 Å². The number of aromatic hydroxyl groups is 1. The largest absolute Gasteiger partial charge is 0.507 e. The van der Waals surface area contributed by atoms with Gasteiger partial charge in [-0.15, -0.1) is 0 Å². The molecule has 0 saturated heterocycles. The normalized spacial score (nSPS) is 13.6. The maximum Gasteiger partial charge on any atom is 0.305 e. The molecule has 1 heterocycles. The van der Waals surface area contributed by atoms with E-state index in [0.29, 0.717) is 41.1 Å². The first-order valence-corrected chi connectivity index (χ1v) is 15.3. The van der Waals surface area contributed by atoms with E-state index in [1.165, 1.54) is 38.2 Å². The molecule has 43 heavy (non-hydrogen) atoms. The van der Waals surface area contributed by atoms with E-state index in [1.807, 2.05) is 38.1 Å². The molecule has 3 aromatic carbocycles. The molecule has 0 unspecified atom stereocenters. The van der Waals surface area contributed by atoms with Crippen molar-refractivity contribution < 1.29 is 19.4 Å². The van der Waals surface area contributed by atoms with E-state index in [4.69, 9.17) is 24.4 Å². The molecule has 0 atom stereocenters. The predicted octanol–water partition coefficient (Wildman–Crippen LogP) is 8.09. The molecule has 7 nitrogen and oxygen atoms in total. The Morgan fingerprint density at radius 3 is 1.86 bits per heavy atom. The molecule has 1 saturated carbocycles. The van der Waals surface area contributed by atoms with Gasteiger partial charge in [0.05, 0.1) is 5.56 Å². The molecule has 1 N–H and O–H groups in total. The summed E-state index contributed by atoms with van der Waals surface area (Å²) < 4.78 is 11.1. The maximum atomic E-state index is 12.2. The number of hydrogen-bond acceptors (Lipinski definition) is 7. The van der Waals surface area contributed by atoms with E-state index in [1.54, 1.807) is 12.1 Å². The average molecular weight is 580 g/mol. The molecule has 1 aliphatic rings. The van der Waals surface area contributed by atoms with E-state index in [2.05, 4.69) is 26.0 Å². The van der Waals surface area contributed by atoms with Crippen LogP contribution in [0, 0.1) is 33.6 Å². The van der Waals surface area contributed by atoms with Crippen LogP contribution in [0.2, 0.25) is 0 Å². The summed E-state index contributed by atoms with van der Waals surface area (Å²) in [6, 6.07) is 17.4. The lowest BCUT2D eigenvalue weighted by molar-refractivity contribution is -0.144. The number of hydrogen-bond donors (Lipinski definition) is 1. The maximum absolute atomic E-state index is 12.2. The lowest BCUT2D eigenvalue weighted by Crippen LogP contribution is -2.14. The Bertz CT molecular complexity index is 1520. The van der Waals surface area contributed by atoms with Crippen LogP contribution in [0.3, 0.4) is 0 Å². The van der Waals surface area contributed by atoms with Crippen LogP contribution < -0.4 is 4.74 Å². The number of ether oxygens (including phenoxy) is 2. The lowest BCUT2D eigenvalue weighted by Gasteiger charge is -2.20. The highest BCUT2D eigenvalue weighted by Gasteiger charge is 2.18. The standard InChI is InChI=1S/C36H41N3O4/c1-23-10-14-29(25(3)20-23)34-37-35(30-15-11-24(2)21-26(30)4)39-36(38-34)31-16-13-28(22-32(31)40)42-18-19-43-33(41)17-12-27-8-6-5-7-9-27/h10-11,13-16,20-22,27,40H,5-9,12,17-19H2,1-4H3. The van der Waals surface area contributed by atoms with Crippen molar-refractivity contribution in [2.45, 2.75) is 72.6 Å². The Labute approximate surface area is 254 Å². The van der Waals surface area contributed by atoms with Crippen LogP contribution in [-0.2, 0) is 9.53 Å². The minimum absolute atomic E-state index is 0.00803. The van der Waals surface area contributed by atoms with Crippen LogP contribution in [0.25, 0.3) is 34.2 Å². The molecule has 5 rings (SSSR count). The summed E-state index contributed by atoms with van der Waals surface area (Å²) in [4.78, 5) is 26.6. The number of aromatic nitrogens is 3. The van der Waals surface area contributed by atoms with Crippen LogP contribution in [0.15, 0.2) is 54.6 Å². The number of aryl methyl sites for hydroxylation is 4. The number of phenolic OH excluding ortho intramolecular Hbond substituents is 1. The fourth-order valence-electron chi connectivity index (χ4n) is 5.84. The van der Waals surface area contributed by atoms with Crippen LogP contribution in [0.5, 0.6) is 11.5 Å². The zero-order valence-corrected chi connectivity index (χ0v) is 25.7. The number of phenols is 1. The molecule has 224 valence electrons. The van der Waals surface area contributed by atoms with Gasteiger partial charge in [0, 0.05) is 23.6 Å². The van der Waals surface area contributed by atoms with Crippen molar-refractivity contribution >= 4 is 5.97 Å². The Morgan fingerprint density at radius 1 is 0.744 bits per heavy atom. The van der Waals surface area contributed by atoms with Gasteiger partial charge >= 0.3 is 5.97 Å². The van der Waals surface area contributed by atoms with Crippen molar-refractivity contribution in [3.8, 4) is 45.7 Å². The zero-order valence-electron chi connectivity index (χ0n) is 25.7. The number of nitrogens with zero attached hydrogens (tertiary/aromatic N) is 3. The molecular formula is C36H41N3O4. The Hall–Kier alpha value is -4.26. The van der Waals surface area contributed by atoms with Gasteiger partial charge in [0.2, 0.25) is 0 Å². The number of rotatable bonds is 10. The van der Waals surface area contributed by atoms with Crippen LogP contribution in [0.1, 0.15) is 67.2 Å². The van der Waals surface area contributed by atoms with E-state index >= 15 is 0 Å². The Balaban J connectivity index is 1.31. The molecule has 0 spiro atoms. The van der Waals surface area contributed by atoms with Crippen molar-refractivity contribution in [1.29, 1.82) is 0 Å². The third-order valence-electron chi connectivity index (χ3n) is 8.19. The second-order valence-electron chi connectivity index (χ2n) is 11.7. The van der Waals surface area contributed by atoms with Gasteiger partial charge in [0.15, 0.2) is 17.5 Å². The third-order valence-corrected chi connectivity index (χ3v) is 8.19. The van der Waals surface area contributed by atoms with Gasteiger partial charge in [0.1, 0.15) is 24.7 Å². The fraction of sp³-hybridized carbons (Fsp3) is 0.389. The molecule has 0 amide bonds. The molecule has 0 radical (unpaired) electrons.